The van der Waals surface area contributed by atoms with Crippen LogP contribution in [0.5, 0.6) is 0 Å². The van der Waals surface area contributed by atoms with Gasteiger partial charge in [-0.2, -0.15) is 0 Å². The van der Waals surface area contributed by atoms with Gasteiger partial charge in [-0.1, -0.05) is 29.3 Å². The van der Waals surface area contributed by atoms with Crippen LogP contribution in [0, 0.1) is 0 Å². The van der Waals surface area contributed by atoms with Gasteiger partial charge in [-0.05, 0) is 29.8 Å². The molecule has 1 unspecified atom stereocenters. The summed E-state index contributed by atoms with van der Waals surface area (Å²) in [5, 5.41) is 0. The van der Waals surface area contributed by atoms with Crippen LogP contribution >= 0.6 is 0 Å². The minimum atomic E-state index is -2.06. The zero-order valence-corrected chi connectivity index (χ0v) is 14.9. The predicted molar refractivity (Wildman–Crippen MR) is 99.1 cm³/mol. The van der Waals surface area contributed by atoms with Crippen LogP contribution in [-0.2, 0) is 29.8 Å². The molecule has 0 radical (unpaired) electrons. The van der Waals surface area contributed by atoms with E-state index in [1.165, 1.54) is 0 Å². The smallest absolute Gasteiger partial charge is 0.178 e. The van der Waals surface area contributed by atoms with E-state index in [1.54, 1.807) is 6.20 Å². The zero-order chi connectivity index (χ0) is 17.9. The van der Waals surface area contributed by atoms with Crippen molar-refractivity contribution < 1.29 is 8.76 Å². The van der Waals surface area contributed by atoms with Crippen molar-refractivity contribution >= 4 is 16.8 Å². The monoisotopic (exact) mass is 365 g/mol. The van der Waals surface area contributed by atoms with Crippen molar-refractivity contribution in [3.63, 3.8) is 0 Å². The first-order chi connectivity index (χ1) is 12.7. The molecule has 3 aromatic rings. The fourth-order valence-electron chi connectivity index (χ4n) is 3.09. The minimum Gasteiger partial charge on any atom is -0.772 e. The molecular formula is C19H17N4O2S-. The second-order valence-electron chi connectivity index (χ2n) is 6.17. The van der Waals surface area contributed by atoms with Gasteiger partial charge in [0.05, 0.1) is 5.69 Å². The molecule has 0 spiro atoms. The third-order valence-corrected chi connectivity index (χ3v) is 4.98. The number of rotatable bonds is 4. The summed E-state index contributed by atoms with van der Waals surface area (Å²) in [6.07, 6.45) is 4.46. The lowest BCUT2D eigenvalue weighted by Gasteiger charge is -2.30. The number of aromatic nitrogens is 3. The Hall–Kier alpha value is -2.64. The fraction of sp³-hybridized carbons (Fsp3) is 0.211. The first-order valence-electron chi connectivity index (χ1n) is 8.35. The van der Waals surface area contributed by atoms with Gasteiger partial charge in [0.1, 0.15) is 5.69 Å². The molecule has 0 fully saturated rings. The summed E-state index contributed by atoms with van der Waals surface area (Å²) < 4.78 is 21.6. The lowest BCUT2D eigenvalue weighted by Crippen LogP contribution is -2.31. The highest BCUT2D eigenvalue weighted by Crippen LogP contribution is 2.25. The largest absolute Gasteiger partial charge is 0.772 e. The molecule has 132 valence electrons. The molecule has 2 aromatic heterocycles. The molecule has 0 saturated carbocycles. The van der Waals surface area contributed by atoms with Crippen molar-refractivity contribution in [2.75, 3.05) is 11.4 Å². The summed E-state index contributed by atoms with van der Waals surface area (Å²) in [5.74, 6) is 0.709. The first-order valence-corrected chi connectivity index (χ1v) is 9.59. The first kappa shape index (κ1) is 16.8. The zero-order valence-electron chi connectivity index (χ0n) is 14.0. The van der Waals surface area contributed by atoms with Gasteiger partial charge in [0.25, 0.3) is 0 Å². The van der Waals surface area contributed by atoms with Gasteiger partial charge in [-0.15, -0.1) is 0 Å². The van der Waals surface area contributed by atoms with E-state index >= 15 is 0 Å². The summed E-state index contributed by atoms with van der Waals surface area (Å²) in [7, 11) is 0. The van der Waals surface area contributed by atoms with Crippen LogP contribution in [0.3, 0.4) is 0 Å². The Morgan fingerprint density at radius 3 is 2.69 bits per heavy atom. The van der Waals surface area contributed by atoms with Crippen LogP contribution < -0.4 is 4.90 Å². The second kappa shape index (κ2) is 7.31. The van der Waals surface area contributed by atoms with E-state index < -0.39 is 11.1 Å². The van der Waals surface area contributed by atoms with Crippen molar-refractivity contribution in [3.8, 4) is 11.5 Å². The van der Waals surface area contributed by atoms with Crippen molar-refractivity contribution in [1.82, 2.24) is 15.0 Å². The molecule has 0 amide bonds. The lowest BCUT2D eigenvalue weighted by atomic mass is 10.1. The van der Waals surface area contributed by atoms with Gasteiger partial charge < -0.3 is 9.45 Å². The Morgan fingerprint density at radius 2 is 1.96 bits per heavy atom. The molecular weight excluding hydrogens is 348 g/mol. The second-order valence-corrected chi connectivity index (χ2v) is 7.06. The van der Waals surface area contributed by atoms with E-state index in [1.807, 2.05) is 48.7 Å². The average Bonchev–Trinajstić information content (AvgIpc) is 2.68. The van der Waals surface area contributed by atoms with E-state index in [4.69, 9.17) is 0 Å². The Balaban J connectivity index is 1.52. The van der Waals surface area contributed by atoms with E-state index in [0.29, 0.717) is 5.82 Å². The Morgan fingerprint density at radius 1 is 1.12 bits per heavy atom. The number of benzene rings is 1. The van der Waals surface area contributed by atoms with Crippen molar-refractivity contribution in [1.29, 1.82) is 0 Å². The Bertz CT molecular complexity index is 932. The normalized spacial score (nSPS) is 14.7. The number of hydrogen-bond acceptors (Lipinski definition) is 6. The molecule has 1 aliphatic rings. The predicted octanol–water partition coefficient (Wildman–Crippen LogP) is 2.48. The Kier molecular flexibility index (Phi) is 4.73. The highest BCUT2D eigenvalue weighted by molar-refractivity contribution is 7.78. The maximum Gasteiger partial charge on any atom is 0.178 e. The van der Waals surface area contributed by atoms with Crippen molar-refractivity contribution in [3.05, 3.63) is 71.7 Å². The molecule has 6 nitrogen and oxygen atoms in total. The number of pyridine rings is 1. The summed E-state index contributed by atoms with van der Waals surface area (Å²) in [5.41, 5.74) is 4.83. The van der Waals surface area contributed by atoms with Gasteiger partial charge in [-0.3, -0.25) is 9.19 Å². The maximum atomic E-state index is 10.8. The molecule has 26 heavy (non-hydrogen) atoms. The molecule has 1 atom stereocenters. The number of fused-ring (bicyclic) bond motifs is 1. The number of hydrogen-bond donors (Lipinski definition) is 0. The number of nitrogens with zero attached hydrogens (tertiary/aromatic N) is 4. The summed E-state index contributed by atoms with van der Waals surface area (Å²) in [4.78, 5) is 15.7. The van der Waals surface area contributed by atoms with Crippen LogP contribution in [0.4, 0.5) is 5.69 Å². The standard InChI is InChI=1S/C19H18N4O2S/c24-26(25)13-14-4-6-16(7-5-14)23-10-8-17-15(12-23)11-21-19(22-17)18-3-1-2-9-20-18/h1-7,9,11H,8,10,12-13H2,(H,24,25)/p-1. The minimum absolute atomic E-state index is 0.0489. The van der Waals surface area contributed by atoms with E-state index in [-0.39, 0.29) is 5.75 Å². The van der Waals surface area contributed by atoms with Crippen LogP contribution in [0.1, 0.15) is 16.8 Å². The van der Waals surface area contributed by atoms with Gasteiger partial charge in [0.15, 0.2) is 5.82 Å². The van der Waals surface area contributed by atoms with Crippen LogP contribution in [-0.4, -0.2) is 30.3 Å². The van der Waals surface area contributed by atoms with Crippen molar-refractivity contribution in [2.45, 2.75) is 18.7 Å². The van der Waals surface area contributed by atoms with Crippen LogP contribution in [0.15, 0.2) is 54.9 Å². The van der Waals surface area contributed by atoms with Gasteiger partial charge in [-0.25, -0.2) is 9.97 Å². The molecule has 3 heterocycles. The highest BCUT2D eigenvalue weighted by Gasteiger charge is 2.19. The lowest BCUT2D eigenvalue weighted by molar-refractivity contribution is 0.536. The summed E-state index contributed by atoms with van der Waals surface area (Å²) in [6, 6.07) is 13.4. The fourth-order valence-corrected chi connectivity index (χ4v) is 3.56. The third kappa shape index (κ3) is 3.63. The van der Waals surface area contributed by atoms with Crippen LogP contribution in [0.25, 0.3) is 11.5 Å². The summed E-state index contributed by atoms with van der Waals surface area (Å²) >= 11 is -2.06. The van der Waals surface area contributed by atoms with Gasteiger partial charge in [0, 0.05) is 48.9 Å². The van der Waals surface area contributed by atoms with Crippen LogP contribution in [0.2, 0.25) is 0 Å². The molecule has 0 N–H and O–H groups in total. The van der Waals surface area contributed by atoms with E-state index in [9.17, 15) is 8.76 Å². The molecule has 1 aromatic carbocycles. The van der Waals surface area contributed by atoms with E-state index in [0.717, 1.165) is 47.7 Å². The SMILES string of the molecule is O=S([O-])Cc1ccc(N2CCc3nc(-c4ccccn4)ncc3C2)cc1. The molecule has 0 saturated heterocycles. The Labute approximate surface area is 154 Å². The number of anilines is 1. The molecule has 4 rings (SSSR count). The molecule has 1 aliphatic heterocycles. The van der Waals surface area contributed by atoms with E-state index in [2.05, 4.69) is 19.9 Å². The summed E-state index contributed by atoms with van der Waals surface area (Å²) in [6.45, 7) is 1.60. The highest BCUT2D eigenvalue weighted by atomic mass is 32.2. The molecule has 0 bridgehead atoms. The molecule has 0 aliphatic carbocycles. The van der Waals surface area contributed by atoms with Crippen molar-refractivity contribution in [2.24, 2.45) is 0 Å². The maximum absolute atomic E-state index is 10.8. The van der Waals surface area contributed by atoms with Gasteiger partial charge >= 0.3 is 0 Å². The average molecular weight is 365 g/mol. The quantitative estimate of drug-likeness (QED) is 0.661. The molecule has 7 heteroatoms. The van der Waals surface area contributed by atoms with Gasteiger partial charge in [0.2, 0.25) is 0 Å². The topological polar surface area (TPSA) is 82.0 Å². The third-order valence-electron chi connectivity index (χ3n) is 4.41.